The number of benzene rings is 1. The van der Waals surface area contributed by atoms with Gasteiger partial charge in [-0.3, -0.25) is 4.79 Å². The highest BCUT2D eigenvalue weighted by Gasteiger charge is 2.31. The fourth-order valence-electron chi connectivity index (χ4n) is 1.49. The van der Waals surface area contributed by atoms with Gasteiger partial charge in [0.1, 0.15) is 0 Å². The minimum Gasteiger partial charge on any atom is -0.326 e. The second-order valence-corrected chi connectivity index (χ2v) is 4.61. The number of nitrogens with one attached hydrogen (secondary N) is 2. The fraction of sp³-hybridized carbons (Fsp3) is 0.417. The summed E-state index contributed by atoms with van der Waals surface area (Å²) in [6.07, 6.45) is -4.50. The zero-order chi connectivity index (χ0) is 14.6. The van der Waals surface area contributed by atoms with E-state index in [9.17, 15) is 18.0 Å². The lowest BCUT2D eigenvalue weighted by atomic mass is 10.1. The minimum atomic E-state index is -4.50. The molecule has 1 rings (SSSR count). The van der Waals surface area contributed by atoms with E-state index in [-0.39, 0.29) is 22.5 Å². The first kappa shape index (κ1) is 15.8. The van der Waals surface area contributed by atoms with Gasteiger partial charge in [-0.25, -0.2) is 0 Å². The Balaban J connectivity index is 2.90. The molecule has 1 atom stereocenters. The zero-order valence-corrected chi connectivity index (χ0v) is 11.2. The Hall–Kier alpha value is -1.27. The predicted molar refractivity (Wildman–Crippen MR) is 68.2 cm³/mol. The standard InChI is InChI=1S/C12H14ClF3N2O/c1-7(6-17-2)11(19)18-10-4-8(12(14,15)16)3-9(13)5-10/h3-5,7,17H,6H2,1-2H3,(H,18,19). The van der Waals surface area contributed by atoms with Crippen LogP contribution in [0.5, 0.6) is 0 Å². The summed E-state index contributed by atoms with van der Waals surface area (Å²) < 4.78 is 37.7. The number of carbonyl (C=O) groups excluding carboxylic acids is 1. The predicted octanol–water partition coefficient (Wildman–Crippen LogP) is 3.15. The Labute approximate surface area is 114 Å². The van der Waals surface area contributed by atoms with Crippen molar-refractivity contribution >= 4 is 23.2 Å². The molecule has 1 amide bonds. The molecule has 0 fully saturated rings. The average Bonchev–Trinajstić information content (AvgIpc) is 2.27. The number of hydrogen-bond acceptors (Lipinski definition) is 2. The van der Waals surface area contributed by atoms with Crippen molar-refractivity contribution in [1.82, 2.24) is 5.32 Å². The number of rotatable bonds is 4. The van der Waals surface area contributed by atoms with Crippen LogP contribution in [0.3, 0.4) is 0 Å². The van der Waals surface area contributed by atoms with Crippen LogP contribution in [-0.4, -0.2) is 19.5 Å². The van der Waals surface area contributed by atoms with Crippen molar-refractivity contribution < 1.29 is 18.0 Å². The summed E-state index contributed by atoms with van der Waals surface area (Å²) in [6, 6.07) is 2.95. The summed E-state index contributed by atoms with van der Waals surface area (Å²) in [5.74, 6) is -0.733. The summed E-state index contributed by atoms with van der Waals surface area (Å²) in [6.45, 7) is 2.10. The molecule has 0 spiro atoms. The molecule has 0 heterocycles. The van der Waals surface area contributed by atoms with Crippen LogP contribution < -0.4 is 10.6 Å². The smallest absolute Gasteiger partial charge is 0.326 e. The van der Waals surface area contributed by atoms with Crippen LogP contribution in [0.25, 0.3) is 0 Å². The van der Waals surface area contributed by atoms with Crippen LogP contribution >= 0.6 is 11.6 Å². The second-order valence-electron chi connectivity index (χ2n) is 4.17. The Morgan fingerprint density at radius 3 is 2.53 bits per heavy atom. The minimum absolute atomic E-state index is 0.0350. The van der Waals surface area contributed by atoms with Gasteiger partial charge in [-0.1, -0.05) is 18.5 Å². The van der Waals surface area contributed by atoms with E-state index in [0.29, 0.717) is 6.54 Å². The number of alkyl halides is 3. The van der Waals surface area contributed by atoms with E-state index in [2.05, 4.69) is 10.6 Å². The van der Waals surface area contributed by atoms with E-state index in [1.54, 1.807) is 14.0 Å². The van der Waals surface area contributed by atoms with Crippen molar-refractivity contribution in [2.45, 2.75) is 13.1 Å². The van der Waals surface area contributed by atoms with E-state index in [0.717, 1.165) is 12.1 Å². The molecule has 0 aliphatic rings. The molecule has 19 heavy (non-hydrogen) atoms. The van der Waals surface area contributed by atoms with Gasteiger partial charge < -0.3 is 10.6 Å². The van der Waals surface area contributed by atoms with Gasteiger partial charge in [0, 0.05) is 23.2 Å². The third-order valence-corrected chi connectivity index (χ3v) is 2.67. The Morgan fingerprint density at radius 1 is 1.37 bits per heavy atom. The molecule has 3 nitrogen and oxygen atoms in total. The molecule has 1 unspecified atom stereocenters. The van der Waals surface area contributed by atoms with Crippen molar-refractivity contribution in [2.75, 3.05) is 18.9 Å². The summed E-state index contributed by atoms with van der Waals surface area (Å²) >= 11 is 5.62. The van der Waals surface area contributed by atoms with Crippen molar-refractivity contribution in [3.63, 3.8) is 0 Å². The lowest BCUT2D eigenvalue weighted by Crippen LogP contribution is -2.28. The third kappa shape index (κ3) is 4.72. The molecule has 0 saturated carbocycles. The monoisotopic (exact) mass is 294 g/mol. The Kier molecular flexibility index (Phi) is 5.20. The second kappa shape index (κ2) is 6.25. The van der Waals surface area contributed by atoms with E-state index in [4.69, 9.17) is 11.6 Å². The summed E-state index contributed by atoms with van der Waals surface area (Å²) in [5, 5.41) is 5.15. The molecule has 0 radical (unpaired) electrons. The first-order valence-electron chi connectivity index (χ1n) is 5.57. The molecule has 0 saturated heterocycles. The van der Waals surface area contributed by atoms with E-state index in [1.807, 2.05) is 0 Å². The molecule has 106 valence electrons. The number of amides is 1. The number of anilines is 1. The first-order valence-corrected chi connectivity index (χ1v) is 5.95. The van der Waals surface area contributed by atoms with Gasteiger partial charge in [0.25, 0.3) is 0 Å². The molecule has 0 bridgehead atoms. The largest absolute Gasteiger partial charge is 0.416 e. The van der Waals surface area contributed by atoms with Gasteiger partial charge >= 0.3 is 6.18 Å². The third-order valence-electron chi connectivity index (χ3n) is 2.45. The van der Waals surface area contributed by atoms with Crippen molar-refractivity contribution in [3.05, 3.63) is 28.8 Å². The summed E-state index contributed by atoms with van der Waals surface area (Å²) in [7, 11) is 1.69. The highest BCUT2D eigenvalue weighted by Crippen LogP contribution is 2.33. The van der Waals surface area contributed by atoms with Crippen LogP contribution in [0.15, 0.2) is 18.2 Å². The molecule has 1 aromatic rings. The maximum absolute atomic E-state index is 12.6. The van der Waals surface area contributed by atoms with Gasteiger partial charge in [0.05, 0.1) is 5.56 Å². The quantitative estimate of drug-likeness (QED) is 0.895. The van der Waals surface area contributed by atoms with E-state index >= 15 is 0 Å². The van der Waals surface area contributed by atoms with Crippen molar-refractivity contribution in [1.29, 1.82) is 0 Å². The lowest BCUT2D eigenvalue weighted by Gasteiger charge is -2.14. The van der Waals surface area contributed by atoms with Crippen LogP contribution in [-0.2, 0) is 11.0 Å². The van der Waals surface area contributed by atoms with E-state index < -0.39 is 11.7 Å². The van der Waals surface area contributed by atoms with Gasteiger partial charge in [0.15, 0.2) is 0 Å². The number of halogens is 4. The number of hydrogen-bond donors (Lipinski definition) is 2. The molecular formula is C12H14ClF3N2O. The van der Waals surface area contributed by atoms with Crippen LogP contribution in [0, 0.1) is 5.92 Å². The first-order chi connectivity index (χ1) is 8.74. The highest BCUT2D eigenvalue weighted by atomic mass is 35.5. The molecule has 1 aromatic carbocycles. The normalized spacial score (nSPS) is 13.2. The maximum Gasteiger partial charge on any atom is 0.416 e. The zero-order valence-electron chi connectivity index (χ0n) is 10.4. The lowest BCUT2D eigenvalue weighted by molar-refractivity contribution is -0.137. The molecule has 0 aliphatic heterocycles. The summed E-state index contributed by atoms with van der Waals surface area (Å²) in [4.78, 5) is 11.7. The van der Waals surface area contributed by atoms with Crippen LogP contribution in [0.1, 0.15) is 12.5 Å². The van der Waals surface area contributed by atoms with Gasteiger partial charge in [-0.15, -0.1) is 0 Å². The molecule has 2 N–H and O–H groups in total. The Bertz CT molecular complexity index is 463. The van der Waals surface area contributed by atoms with Gasteiger partial charge in [-0.2, -0.15) is 13.2 Å². The average molecular weight is 295 g/mol. The van der Waals surface area contributed by atoms with Crippen LogP contribution in [0.2, 0.25) is 5.02 Å². The van der Waals surface area contributed by atoms with Crippen LogP contribution in [0.4, 0.5) is 18.9 Å². The maximum atomic E-state index is 12.6. The van der Waals surface area contributed by atoms with Gasteiger partial charge in [-0.05, 0) is 25.2 Å². The highest BCUT2D eigenvalue weighted by molar-refractivity contribution is 6.31. The van der Waals surface area contributed by atoms with Crippen molar-refractivity contribution in [3.8, 4) is 0 Å². The molecule has 0 aromatic heterocycles. The summed E-state index contributed by atoms with van der Waals surface area (Å²) in [5.41, 5.74) is -0.857. The molecule has 7 heteroatoms. The molecule has 0 aliphatic carbocycles. The number of carbonyl (C=O) groups is 1. The van der Waals surface area contributed by atoms with Gasteiger partial charge in [0.2, 0.25) is 5.91 Å². The van der Waals surface area contributed by atoms with E-state index in [1.165, 1.54) is 6.07 Å². The SMILES string of the molecule is CNCC(C)C(=O)Nc1cc(Cl)cc(C(F)(F)F)c1. The fourth-order valence-corrected chi connectivity index (χ4v) is 1.72. The topological polar surface area (TPSA) is 41.1 Å². The molecular weight excluding hydrogens is 281 g/mol. The Morgan fingerprint density at radius 2 is 2.00 bits per heavy atom. The van der Waals surface area contributed by atoms with Crippen molar-refractivity contribution in [2.24, 2.45) is 5.92 Å².